The van der Waals surface area contributed by atoms with Crippen LogP contribution < -0.4 is 0 Å². The van der Waals surface area contributed by atoms with E-state index in [0.29, 0.717) is 0 Å². The summed E-state index contributed by atoms with van der Waals surface area (Å²) in [6.07, 6.45) is -0.508. The van der Waals surface area contributed by atoms with Gasteiger partial charge < -0.3 is 14.9 Å². The molecule has 2 atom stereocenters. The van der Waals surface area contributed by atoms with E-state index < -0.39 is 29.6 Å². The molecule has 0 amide bonds. The van der Waals surface area contributed by atoms with Gasteiger partial charge in [0.2, 0.25) is 0 Å². The smallest absolute Gasteiger partial charge is 0.341 e. The van der Waals surface area contributed by atoms with Gasteiger partial charge in [0.1, 0.15) is 0 Å². The first kappa shape index (κ1) is 19.5. The van der Waals surface area contributed by atoms with Gasteiger partial charge >= 0.3 is 11.9 Å². The molecule has 0 aliphatic rings. The highest BCUT2D eigenvalue weighted by molar-refractivity contribution is 6.01. The molecule has 21 heavy (non-hydrogen) atoms. The van der Waals surface area contributed by atoms with E-state index in [1.54, 1.807) is 13.8 Å². The van der Waals surface area contributed by atoms with Gasteiger partial charge in [0, 0.05) is 16.6 Å². The zero-order valence-electron chi connectivity index (χ0n) is 13.6. The molecular formula is C16H26O5. The van der Waals surface area contributed by atoms with Gasteiger partial charge in [0.05, 0.1) is 12.2 Å². The molecule has 0 radical (unpaired) electrons. The number of carbonyl (C=O) groups is 2. The molecule has 2 unspecified atom stereocenters. The van der Waals surface area contributed by atoms with E-state index in [0.717, 1.165) is 0 Å². The van der Waals surface area contributed by atoms with E-state index in [2.05, 4.69) is 11.3 Å². The predicted octanol–water partition coefficient (Wildman–Crippen LogP) is 1.98. The Hall–Kier alpha value is -1.46. The fraction of sp³-hybridized carbons (Fsp3) is 0.625. The van der Waals surface area contributed by atoms with Crippen LogP contribution >= 0.6 is 0 Å². The minimum absolute atomic E-state index is 0.0414. The summed E-state index contributed by atoms with van der Waals surface area (Å²) in [7, 11) is 0. The maximum absolute atomic E-state index is 11.7. The van der Waals surface area contributed by atoms with E-state index in [-0.39, 0.29) is 17.1 Å². The van der Waals surface area contributed by atoms with Crippen molar-refractivity contribution in [3.8, 4) is 0 Å². The molecular weight excluding hydrogens is 272 g/mol. The van der Waals surface area contributed by atoms with Crippen LogP contribution in [0.4, 0.5) is 0 Å². The number of aliphatic hydroxyl groups is 2. The second-order valence-electron chi connectivity index (χ2n) is 6.26. The van der Waals surface area contributed by atoms with E-state index >= 15 is 0 Å². The first-order valence-electron chi connectivity index (χ1n) is 6.87. The Morgan fingerprint density at radius 1 is 1.14 bits per heavy atom. The molecule has 0 saturated heterocycles. The zero-order chi connectivity index (χ0) is 17.0. The summed E-state index contributed by atoms with van der Waals surface area (Å²) in [4.78, 5) is 23.0. The van der Waals surface area contributed by atoms with Crippen LogP contribution in [0.5, 0.6) is 0 Å². The van der Waals surface area contributed by atoms with Gasteiger partial charge in [0.25, 0.3) is 0 Å². The van der Waals surface area contributed by atoms with E-state index in [1.165, 1.54) is 19.9 Å². The van der Waals surface area contributed by atoms with Gasteiger partial charge in [-0.15, -0.1) is 0 Å². The molecule has 0 aromatic heterocycles. The van der Waals surface area contributed by atoms with E-state index in [9.17, 15) is 19.8 Å². The van der Waals surface area contributed by atoms with Crippen LogP contribution in [0.2, 0.25) is 0 Å². The molecule has 0 aliphatic carbocycles. The Bertz CT molecular complexity index is 446. The van der Waals surface area contributed by atoms with Crippen LogP contribution in [0.3, 0.4) is 0 Å². The maximum Gasteiger partial charge on any atom is 0.341 e. The second kappa shape index (κ2) is 7.52. The predicted molar refractivity (Wildman–Crippen MR) is 80.3 cm³/mol. The first-order valence-corrected chi connectivity index (χ1v) is 6.87. The molecule has 0 heterocycles. The monoisotopic (exact) mass is 298 g/mol. The first-order chi connectivity index (χ1) is 9.41. The van der Waals surface area contributed by atoms with Crippen molar-refractivity contribution in [1.29, 1.82) is 0 Å². The van der Waals surface area contributed by atoms with Crippen molar-refractivity contribution in [3.05, 3.63) is 23.8 Å². The van der Waals surface area contributed by atoms with E-state index in [4.69, 9.17) is 0 Å². The number of hydrogen-bond donors (Lipinski definition) is 2. The van der Waals surface area contributed by atoms with Gasteiger partial charge in [-0.25, -0.2) is 9.59 Å². The van der Waals surface area contributed by atoms with Gasteiger partial charge in [0.15, 0.2) is 0 Å². The molecule has 120 valence electrons. The second-order valence-corrected chi connectivity index (χ2v) is 6.26. The number of esters is 2. The van der Waals surface area contributed by atoms with Crippen LogP contribution in [0, 0.1) is 11.3 Å². The van der Waals surface area contributed by atoms with Crippen molar-refractivity contribution in [3.63, 3.8) is 0 Å². The molecule has 2 N–H and O–H groups in total. The highest BCUT2D eigenvalue weighted by Crippen LogP contribution is 2.31. The normalized spacial score (nSPS) is 15.6. The molecule has 0 spiro atoms. The summed E-state index contributed by atoms with van der Waals surface area (Å²) in [5, 5.41) is 20.3. The summed E-state index contributed by atoms with van der Waals surface area (Å²) in [6, 6.07) is 0. The third-order valence-corrected chi connectivity index (χ3v) is 3.42. The third kappa shape index (κ3) is 5.44. The van der Waals surface area contributed by atoms with Crippen LogP contribution in [0.15, 0.2) is 23.8 Å². The molecule has 0 aromatic rings. The fourth-order valence-electron chi connectivity index (χ4n) is 1.81. The highest BCUT2D eigenvalue weighted by Gasteiger charge is 2.36. The number of aliphatic hydroxyl groups excluding tert-OH is 2. The fourth-order valence-corrected chi connectivity index (χ4v) is 1.81. The quantitative estimate of drug-likeness (QED) is 0.445. The molecule has 0 saturated carbocycles. The lowest BCUT2D eigenvalue weighted by atomic mass is 9.76. The number of rotatable bonds is 6. The number of carbonyl (C=O) groups excluding carboxylic acids is 2. The summed E-state index contributed by atoms with van der Waals surface area (Å²) in [5.41, 5.74) is -0.623. The molecule has 0 rings (SSSR count). The Morgan fingerprint density at radius 2 is 1.62 bits per heavy atom. The maximum atomic E-state index is 11.7. The van der Waals surface area contributed by atoms with Gasteiger partial charge in [-0.2, -0.15) is 0 Å². The summed E-state index contributed by atoms with van der Waals surface area (Å²) >= 11 is 0. The van der Waals surface area contributed by atoms with Crippen molar-refractivity contribution < 1.29 is 24.5 Å². The van der Waals surface area contributed by atoms with Crippen molar-refractivity contribution >= 4 is 11.9 Å². The summed E-state index contributed by atoms with van der Waals surface area (Å²) < 4.78 is 4.58. The summed E-state index contributed by atoms with van der Waals surface area (Å²) in [6.45, 7) is 13.4. The Morgan fingerprint density at radius 3 is 2.00 bits per heavy atom. The minimum Gasteiger partial charge on any atom is -0.392 e. The van der Waals surface area contributed by atoms with Gasteiger partial charge in [-0.05, 0) is 25.8 Å². The molecule has 0 bridgehead atoms. The molecule has 5 heteroatoms. The SMILES string of the molecule is C=C(C)C(=O)OC(=O)C(C)=CC(O)C(C)(C)C(O)C(C)C. The Balaban J connectivity index is 5.02. The van der Waals surface area contributed by atoms with Crippen LogP contribution in [-0.4, -0.2) is 34.4 Å². The molecule has 0 aromatic carbocycles. The molecule has 5 nitrogen and oxygen atoms in total. The average molecular weight is 298 g/mol. The largest absolute Gasteiger partial charge is 0.392 e. The standard InChI is InChI=1S/C16H26O5/c1-9(2)13(18)16(6,7)12(17)8-11(5)15(20)21-14(19)10(3)4/h8-9,12-13,17-18H,3H2,1-2,4-7H3. The third-order valence-electron chi connectivity index (χ3n) is 3.42. The van der Waals surface area contributed by atoms with Crippen LogP contribution in [0.25, 0.3) is 0 Å². The number of hydrogen-bond acceptors (Lipinski definition) is 5. The van der Waals surface area contributed by atoms with Gasteiger partial charge in [-0.3, -0.25) is 0 Å². The molecule has 0 aliphatic heterocycles. The van der Waals surface area contributed by atoms with Crippen molar-refractivity contribution in [2.45, 2.75) is 53.8 Å². The van der Waals surface area contributed by atoms with Crippen molar-refractivity contribution in [2.24, 2.45) is 11.3 Å². The lowest BCUT2D eigenvalue weighted by Gasteiger charge is -2.36. The lowest BCUT2D eigenvalue weighted by molar-refractivity contribution is -0.154. The minimum atomic E-state index is -1.05. The summed E-state index contributed by atoms with van der Waals surface area (Å²) in [5.74, 6) is -1.68. The van der Waals surface area contributed by atoms with Crippen molar-refractivity contribution in [1.82, 2.24) is 0 Å². The number of ether oxygens (including phenoxy) is 1. The molecule has 0 fully saturated rings. The Labute approximate surface area is 126 Å². The topological polar surface area (TPSA) is 83.8 Å². The highest BCUT2D eigenvalue weighted by atomic mass is 16.6. The average Bonchev–Trinajstić information content (AvgIpc) is 2.36. The van der Waals surface area contributed by atoms with Crippen LogP contribution in [-0.2, 0) is 14.3 Å². The Kier molecular flexibility index (Phi) is 7.00. The van der Waals surface area contributed by atoms with Crippen molar-refractivity contribution in [2.75, 3.05) is 0 Å². The van der Waals surface area contributed by atoms with E-state index in [1.807, 2.05) is 13.8 Å². The lowest BCUT2D eigenvalue weighted by Crippen LogP contribution is -2.42. The van der Waals surface area contributed by atoms with Gasteiger partial charge in [-0.1, -0.05) is 34.3 Å². The zero-order valence-corrected chi connectivity index (χ0v) is 13.6. The van der Waals surface area contributed by atoms with Crippen LogP contribution in [0.1, 0.15) is 41.5 Å².